The van der Waals surface area contributed by atoms with Crippen LogP contribution in [-0.4, -0.2) is 28.6 Å². The number of benzene rings is 1. The molecular weight excluding hydrogens is 258 g/mol. The molecule has 0 saturated carbocycles. The second-order valence-corrected chi connectivity index (χ2v) is 6.05. The van der Waals surface area contributed by atoms with Crippen LogP contribution in [0, 0.1) is 6.92 Å². The monoisotopic (exact) mass is 281 g/mol. The van der Waals surface area contributed by atoms with Crippen molar-refractivity contribution >= 4 is 17.7 Å². The Morgan fingerprint density at radius 2 is 2.00 bits per heavy atom. The molecule has 0 fully saturated rings. The van der Waals surface area contributed by atoms with E-state index < -0.39 is 0 Å². The molecule has 0 aliphatic heterocycles. The van der Waals surface area contributed by atoms with Gasteiger partial charge in [-0.2, -0.15) is 11.8 Å². The predicted molar refractivity (Wildman–Crippen MR) is 82.0 cm³/mol. The number of aromatic hydroxyl groups is 1. The van der Waals surface area contributed by atoms with Gasteiger partial charge < -0.3 is 10.4 Å². The summed E-state index contributed by atoms with van der Waals surface area (Å²) in [7, 11) is 0. The molecule has 1 rings (SSSR count). The van der Waals surface area contributed by atoms with Crippen molar-refractivity contribution in [1.82, 2.24) is 5.32 Å². The first-order valence-electron chi connectivity index (χ1n) is 6.61. The summed E-state index contributed by atoms with van der Waals surface area (Å²) < 4.78 is 0.112. The lowest BCUT2D eigenvalue weighted by Gasteiger charge is -2.29. The number of phenolic OH excluding ortho intramolecular Hbond substituents is 1. The largest absolute Gasteiger partial charge is 0.508 e. The molecule has 0 heterocycles. The second kappa shape index (κ2) is 6.85. The molecule has 0 spiro atoms. The van der Waals surface area contributed by atoms with Crippen LogP contribution in [0.15, 0.2) is 18.2 Å². The van der Waals surface area contributed by atoms with E-state index >= 15 is 0 Å². The Bertz CT molecular complexity index is 434. The molecule has 0 aliphatic carbocycles. The molecule has 3 nitrogen and oxygen atoms in total. The lowest BCUT2D eigenvalue weighted by molar-refractivity contribution is 0.0948. The van der Waals surface area contributed by atoms with Crippen LogP contribution in [0.5, 0.6) is 5.75 Å². The topological polar surface area (TPSA) is 49.3 Å². The molecule has 0 saturated heterocycles. The summed E-state index contributed by atoms with van der Waals surface area (Å²) in [6.45, 7) is 6.80. The van der Waals surface area contributed by atoms with Crippen LogP contribution in [0.3, 0.4) is 0 Å². The van der Waals surface area contributed by atoms with E-state index in [4.69, 9.17) is 0 Å². The maximum atomic E-state index is 12.2. The van der Waals surface area contributed by atoms with Gasteiger partial charge in [0.15, 0.2) is 0 Å². The van der Waals surface area contributed by atoms with Gasteiger partial charge in [-0.15, -0.1) is 0 Å². The molecule has 4 heteroatoms. The lowest BCUT2D eigenvalue weighted by atomic mass is 10.0. The maximum absolute atomic E-state index is 12.2. The Balaban J connectivity index is 2.75. The van der Waals surface area contributed by atoms with E-state index in [1.807, 2.05) is 6.92 Å². The molecule has 106 valence electrons. The number of hydrogen-bond acceptors (Lipinski definition) is 3. The minimum atomic E-state index is -0.0715. The standard InChI is InChI=1S/C15H23NO2S/c1-5-15(6-2,19-4)10-16-14(18)13-8-7-12(17)9-11(13)3/h7-9,17H,5-6,10H2,1-4H3,(H,16,18). The van der Waals surface area contributed by atoms with Crippen molar-refractivity contribution in [3.63, 3.8) is 0 Å². The highest BCUT2D eigenvalue weighted by Gasteiger charge is 2.25. The summed E-state index contributed by atoms with van der Waals surface area (Å²) in [6.07, 6.45) is 4.14. The molecule has 0 atom stereocenters. The van der Waals surface area contributed by atoms with Gasteiger partial charge in [-0.3, -0.25) is 4.79 Å². The van der Waals surface area contributed by atoms with Crippen LogP contribution in [-0.2, 0) is 0 Å². The van der Waals surface area contributed by atoms with Crippen LogP contribution in [0.4, 0.5) is 0 Å². The number of phenols is 1. The van der Waals surface area contributed by atoms with Gasteiger partial charge in [-0.1, -0.05) is 13.8 Å². The minimum Gasteiger partial charge on any atom is -0.508 e. The zero-order chi connectivity index (χ0) is 14.5. The highest BCUT2D eigenvalue weighted by Crippen LogP contribution is 2.29. The number of carbonyl (C=O) groups is 1. The number of rotatable bonds is 6. The summed E-state index contributed by atoms with van der Waals surface area (Å²) in [4.78, 5) is 12.2. The Labute approximate surface area is 119 Å². The van der Waals surface area contributed by atoms with Crippen LogP contribution in [0.2, 0.25) is 0 Å². The van der Waals surface area contributed by atoms with Crippen molar-refractivity contribution in [1.29, 1.82) is 0 Å². The van der Waals surface area contributed by atoms with Crippen molar-refractivity contribution in [2.24, 2.45) is 0 Å². The maximum Gasteiger partial charge on any atom is 0.251 e. The molecule has 19 heavy (non-hydrogen) atoms. The van der Waals surface area contributed by atoms with Gasteiger partial charge in [-0.25, -0.2) is 0 Å². The molecular formula is C15H23NO2S. The molecule has 2 N–H and O–H groups in total. The van der Waals surface area contributed by atoms with Crippen LogP contribution < -0.4 is 5.32 Å². The number of amides is 1. The molecule has 0 aliphatic rings. The Morgan fingerprint density at radius 3 is 2.47 bits per heavy atom. The van der Waals surface area contributed by atoms with Gasteiger partial charge in [-0.05, 0) is 49.8 Å². The highest BCUT2D eigenvalue weighted by atomic mass is 32.2. The minimum absolute atomic E-state index is 0.0715. The number of nitrogens with one attached hydrogen (secondary N) is 1. The van der Waals surface area contributed by atoms with Crippen LogP contribution in [0.1, 0.15) is 42.6 Å². The third-order valence-electron chi connectivity index (χ3n) is 3.75. The molecule has 0 bridgehead atoms. The molecule has 1 aromatic rings. The Morgan fingerprint density at radius 1 is 1.37 bits per heavy atom. The quantitative estimate of drug-likeness (QED) is 0.840. The Kier molecular flexibility index (Phi) is 5.73. The molecule has 0 unspecified atom stereocenters. The van der Waals surface area contributed by atoms with E-state index in [0.717, 1.165) is 18.4 Å². The van der Waals surface area contributed by atoms with Gasteiger partial charge in [0.05, 0.1) is 0 Å². The fraction of sp³-hybridized carbons (Fsp3) is 0.533. The first kappa shape index (κ1) is 15.9. The zero-order valence-electron chi connectivity index (χ0n) is 12.1. The summed E-state index contributed by atoms with van der Waals surface area (Å²) in [6, 6.07) is 4.82. The molecule has 0 aromatic heterocycles. The van der Waals surface area contributed by atoms with Gasteiger partial charge in [0.25, 0.3) is 5.91 Å². The van der Waals surface area contributed by atoms with Crippen LogP contribution in [0.25, 0.3) is 0 Å². The summed E-state index contributed by atoms with van der Waals surface area (Å²) >= 11 is 1.81. The third-order valence-corrected chi connectivity index (χ3v) is 5.34. The average Bonchev–Trinajstić information content (AvgIpc) is 2.40. The fourth-order valence-electron chi connectivity index (χ4n) is 2.10. The van der Waals surface area contributed by atoms with Gasteiger partial charge in [0.1, 0.15) is 5.75 Å². The third kappa shape index (κ3) is 3.90. The molecule has 0 radical (unpaired) electrons. The van der Waals surface area contributed by atoms with E-state index in [1.165, 1.54) is 0 Å². The van der Waals surface area contributed by atoms with E-state index in [9.17, 15) is 9.90 Å². The second-order valence-electron chi connectivity index (χ2n) is 4.78. The van der Waals surface area contributed by atoms with Crippen molar-refractivity contribution < 1.29 is 9.90 Å². The predicted octanol–water partition coefficient (Wildman–Crippen LogP) is 3.35. The summed E-state index contributed by atoms with van der Waals surface area (Å²) in [5.74, 6) is 0.118. The SMILES string of the molecule is CCC(CC)(CNC(=O)c1ccc(O)cc1C)SC. The molecule has 1 amide bonds. The highest BCUT2D eigenvalue weighted by molar-refractivity contribution is 8.00. The first-order valence-corrected chi connectivity index (χ1v) is 7.83. The van der Waals surface area contributed by atoms with Gasteiger partial charge >= 0.3 is 0 Å². The summed E-state index contributed by atoms with van der Waals surface area (Å²) in [5.41, 5.74) is 1.42. The van der Waals surface area contributed by atoms with Crippen LogP contribution >= 0.6 is 11.8 Å². The van der Waals surface area contributed by atoms with Crippen molar-refractivity contribution in [2.75, 3.05) is 12.8 Å². The number of carbonyl (C=O) groups excluding carboxylic acids is 1. The van der Waals surface area contributed by atoms with E-state index in [-0.39, 0.29) is 16.4 Å². The lowest BCUT2D eigenvalue weighted by Crippen LogP contribution is -2.39. The zero-order valence-corrected chi connectivity index (χ0v) is 12.9. The van der Waals surface area contributed by atoms with E-state index in [2.05, 4.69) is 25.4 Å². The van der Waals surface area contributed by atoms with Gasteiger partial charge in [0, 0.05) is 16.9 Å². The van der Waals surface area contributed by atoms with Gasteiger partial charge in [0.2, 0.25) is 0 Å². The van der Waals surface area contributed by atoms with Crippen molar-refractivity contribution in [3.05, 3.63) is 29.3 Å². The normalized spacial score (nSPS) is 11.4. The van der Waals surface area contributed by atoms with E-state index in [0.29, 0.717) is 12.1 Å². The van der Waals surface area contributed by atoms with E-state index in [1.54, 1.807) is 30.0 Å². The smallest absolute Gasteiger partial charge is 0.251 e. The van der Waals surface area contributed by atoms with Crippen molar-refractivity contribution in [3.8, 4) is 5.75 Å². The number of thioether (sulfide) groups is 1. The number of aryl methyl sites for hydroxylation is 1. The summed E-state index contributed by atoms with van der Waals surface area (Å²) in [5, 5.41) is 12.4. The number of hydrogen-bond donors (Lipinski definition) is 2. The average molecular weight is 281 g/mol. The van der Waals surface area contributed by atoms with Crippen molar-refractivity contribution in [2.45, 2.75) is 38.4 Å². The fourth-order valence-corrected chi connectivity index (χ4v) is 2.89. The molecule has 1 aromatic carbocycles. The first-order chi connectivity index (χ1) is 8.98. The Hall–Kier alpha value is -1.16.